The second kappa shape index (κ2) is 7.55. The van der Waals surface area contributed by atoms with Crippen molar-refractivity contribution in [2.24, 2.45) is 5.92 Å². The molecule has 2 atom stereocenters. The fourth-order valence-electron chi connectivity index (χ4n) is 3.33. The second-order valence-corrected chi connectivity index (χ2v) is 8.27. The Hall–Kier alpha value is -2.80. The molecule has 7 heteroatoms. The molecule has 0 spiro atoms. The van der Waals surface area contributed by atoms with Gasteiger partial charge in [0.25, 0.3) is 0 Å². The standard InChI is InChI=1S/C22H18F3NO2S/c23-22(24,25)15-5-1-14(2-6-15)20-10-9-17(29-20)12-26-16-7-3-13(4-8-16)18-11-19(18)21(27)28/h1-10,18-19,26H,11-12H2,(H,27,28)/t18-,19+/m0/s1. The van der Waals surface area contributed by atoms with E-state index in [1.54, 1.807) is 0 Å². The van der Waals surface area contributed by atoms with Crippen molar-refractivity contribution in [2.75, 3.05) is 5.32 Å². The molecule has 0 aliphatic heterocycles. The maximum absolute atomic E-state index is 12.7. The van der Waals surface area contributed by atoms with Crippen LogP contribution in [0.4, 0.5) is 18.9 Å². The number of thiophene rings is 1. The summed E-state index contributed by atoms with van der Waals surface area (Å²) in [6, 6.07) is 16.9. The minimum absolute atomic E-state index is 0.116. The van der Waals surface area contributed by atoms with Crippen LogP contribution in [0, 0.1) is 5.92 Å². The molecule has 1 aromatic heterocycles. The number of rotatable bonds is 6. The average Bonchev–Trinajstić information content (AvgIpc) is 3.37. The van der Waals surface area contributed by atoms with Gasteiger partial charge in [-0.15, -0.1) is 11.3 Å². The Balaban J connectivity index is 1.35. The molecule has 1 aliphatic rings. The highest BCUT2D eigenvalue weighted by atomic mass is 32.1. The lowest BCUT2D eigenvalue weighted by Gasteiger charge is -2.07. The SMILES string of the molecule is O=C(O)[C@@H]1C[C@H]1c1ccc(NCc2ccc(-c3ccc(C(F)(F)F)cc3)s2)cc1. The molecule has 0 amide bonds. The van der Waals surface area contributed by atoms with Gasteiger partial charge in [-0.25, -0.2) is 0 Å². The summed E-state index contributed by atoms with van der Waals surface area (Å²) in [5.41, 5.74) is 2.09. The molecule has 1 fully saturated rings. The number of hydrogen-bond donors (Lipinski definition) is 2. The summed E-state index contributed by atoms with van der Waals surface area (Å²) in [6.07, 6.45) is -3.63. The van der Waals surface area contributed by atoms with Crippen LogP contribution in [0.25, 0.3) is 10.4 Å². The van der Waals surface area contributed by atoms with Gasteiger partial charge in [0.15, 0.2) is 0 Å². The molecule has 1 saturated carbocycles. The number of carbonyl (C=O) groups is 1. The second-order valence-electron chi connectivity index (χ2n) is 7.10. The van der Waals surface area contributed by atoms with Crippen LogP contribution in [0.15, 0.2) is 60.7 Å². The van der Waals surface area contributed by atoms with Crippen LogP contribution in [-0.2, 0) is 17.5 Å². The lowest BCUT2D eigenvalue weighted by Crippen LogP contribution is -2.03. The van der Waals surface area contributed by atoms with Crippen LogP contribution in [0.2, 0.25) is 0 Å². The van der Waals surface area contributed by atoms with Gasteiger partial charge in [0, 0.05) is 22.0 Å². The maximum Gasteiger partial charge on any atom is 0.416 e. The normalized spacial score (nSPS) is 18.4. The molecule has 4 rings (SSSR count). The monoisotopic (exact) mass is 417 g/mol. The zero-order chi connectivity index (χ0) is 20.6. The number of alkyl halides is 3. The van der Waals surface area contributed by atoms with E-state index < -0.39 is 17.7 Å². The van der Waals surface area contributed by atoms with Crippen molar-refractivity contribution in [3.8, 4) is 10.4 Å². The number of hydrogen-bond acceptors (Lipinski definition) is 3. The van der Waals surface area contributed by atoms with Crippen molar-refractivity contribution >= 4 is 23.0 Å². The summed E-state index contributed by atoms with van der Waals surface area (Å²) in [4.78, 5) is 13.0. The number of nitrogens with one attached hydrogen (secondary N) is 1. The Morgan fingerprint density at radius 3 is 2.31 bits per heavy atom. The van der Waals surface area contributed by atoms with E-state index in [2.05, 4.69) is 5.32 Å². The van der Waals surface area contributed by atoms with Gasteiger partial charge in [-0.3, -0.25) is 4.79 Å². The molecule has 29 heavy (non-hydrogen) atoms. The van der Waals surface area contributed by atoms with E-state index in [9.17, 15) is 18.0 Å². The molecular formula is C22H18F3NO2S. The van der Waals surface area contributed by atoms with Crippen LogP contribution in [0.3, 0.4) is 0 Å². The lowest BCUT2D eigenvalue weighted by molar-refractivity contribution is -0.139. The van der Waals surface area contributed by atoms with Crippen molar-refractivity contribution in [1.29, 1.82) is 0 Å². The van der Waals surface area contributed by atoms with E-state index in [0.717, 1.165) is 38.7 Å². The Labute approximate surface area is 169 Å². The fraction of sp³-hybridized carbons (Fsp3) is 0.227. The molecule has 0 saturated heterocycles. The summed E-state index contributed by atoms with van der Waals surface area (Å²) in [6.45, 7) is 0.603. The highest BCUT2D eigenvalue weighted by Crippen LogP contribution is 2.47. The molecule has 150 valence electrons. The van der Waals surface area contributed by atoms with Crippen LogP contribution >= 0.6 is 11.3 Å². The summed E-state index contributed by atoms with van der Waals surface area (Å²) < 4.78 is 38.0. The Kier molecular flexibility index (Phi) is 5.08. The number of carboxylic acid groups (broad SMARTS) is 1. The van der Waals surface area contributed by atoms with E-state index in [1.807, 2.05) is 36.4 Å². The number of anilines is 1. The summed E-state index contributed by atoms with van der Waals surface area (Å²) in [5, 5.41) is 12.3. The molecule has 2 aromatic carbocycles. The molecule has 3 nitrogen and oxygen atoms in total. The van der Waals surface area contributed by atoms with Crippen LogP contribution in [0.5, 0.6) is 0 Å². The van der Waals surface area contributed by atoms with Crippen molar-refractivity contribution < 1.29 is 23.1 Å². The van der Waals surface area contributed by atoms with Crippen molar-refractivity contribution in [1.82, 2.24) is 0 Å². The minimum atomic E-state index is -4.33. The van der Waals surface area contributed by atoms with E-state index in [1.165, 1.54) is 23.5 Å². The third kappa shape index (κ3) is 4.45. The first-order chi connectivity index (χ1) is 13.8. The zero-order valence-corrected chi connectivity index (χ0v) is 16.1. The molecule has 3 aromatic rings. The predicted molar refractivity (Wildman–Crippen MR) is 107 cm³/mol. The molecule has 0 bridgehead atoms. The van der Waals surface area contributed by atoms with Crippen LogP contribution < -0.4 is 5.32 Å². The van der Waals surface area contributed by atoms with Gasteiger partial charge in [-0.1, -0.05) is 24.3 Å². The number of halogens is 3. The van der Waals surface area contributed by atoms with E-state index in [0.29, 0.717) is 13.0 Å². The lowest BCUT2D eigenvalue weighted by atomic mass is 10.1. The van der Waals surface area contributed by atoms with Gasteiger partial charge in [0.1, 0.15) is 0 Å². The minimum Gasteiger partial charge on any atom is -0.481 e. The van der Waals surface area contributed by atoms with Crippen molar-refractivity contribution in [3.63, 3.8) is 0 Å². The fourth-order valence-corrected chi connectivity index (χ4v) is 4.28. The predicted octanol–water partition coefficient (Wildman–Crippen LogP) is 6.23. The van der Waals surface area contributed by atoms with Crippen LogP contribution in [0.1, 0.15) is 28.3 Å². The van der Waals surface area contributed by atoms with Crippen molar-refractivity contribution in [2.45, 2.75) is 25.1 Å². The molecule has 0 unspecified atom stereocenters. The third-order valence-electron chi connectivity index (χ3n) is 5.07. The Bertz CT molecular complexity index is 1010. The number of carboxylic acids is 1. The first-order valence-electron chi connectivity index (χ1n) is 9.14. The largest absolute Gasteiger partial charge is 0.481 e. The van der Waals surface area contributed by atoms with Crippen LogP contribution in [-0.4, -0.2) is 11.1 Å². The molecule has 2 N–H and O–H groups in total. The molecular weight excluding hydrogens is 399 g/mol. The first kappa shape index (κ1) is 19.5. The van der Waals surface area contributed by atoms with E-state index >= 15 is 0 Å². The summed E-state index contributed by atoms with van der Waals surface area (Å²) in [5.74, 6) is -0.882. The van der Waals surface area contributed by atoms with Gasteiger partial charge >= 0.3 is 12.1 Å². The molecule has 0 radical (unpaired) electrons. The Morgan fingerprint density at radius 1 is 1.03 bits per heavy atom. The molecule has 1 aliphatic carbocycles. The quantitative estimate of drug-likeness (QED) is 0.500. The molecule has 1 heterocycles. The third-order valence-corrected chi connectivity index (χ3v) is 6.21. The highest BCUT2D eigenvalue weighted by molar-refractivity contribution is 7.15. The number of aliphatic carboxylic acids is 1. The first-order valence-corrected chi connectivity index (χ1v) is 9.96. The van der Waals surface area contributed by atoms with Gasteiger partial charge in [-0.05, 0) is 59.9 Å². The van der Waals surface area contributed by atoms with E-state index in [4.69, 9.17) is 5.11 Å². The summed E-state index contributed by atoms with van der Waals surface area (Å²) in [7, 11) is 0. The smallest absolute Gasteiger partial charge is 0.416 e. The highest BCUT2D eigenvalue weighted by Gasteiger charge is 2.44. The maximum atomic E-state index is 12.7. The van der Waals surface area contributed by atoms with Gasteiger partial charge in [0.2, 0.25) is 0 Å². The van der Waals surface area contributed by atoms with E-state index in [-0.39, 0.29) is 11.8 Å². The zero-order valence-electron chi connectivity index (χ0n) is 15.2. The van der Waals surface area contributed by atoms with Gasteiger partial charge < -0.3 is 10.4 Å². The van der Waals surface area contributed by atoms with Crippen molar-refractivity contribution in [3.05, 3.63) is 76.7 Å². The van der Waals surface area contributed by atoms with Gasteiger partial charge in [-0.2, -0.15) is 13.2 Å². The topological polar surface area (TPSA) is 49.3 Å². The summed E-state index contributed by atoms with van der Waals surface area (Å²) >= 11 is 1.53. The van der Waals surface area contributed by atoms with Gasteiger partial charge in [0.05, 0.1) is 11.5 Å². The Morgan fingerprint density at radius 2 is 1.72 bits per heavy atom. The average molecular weight is 417 g/mol. The number of benzene rings is 2.